The summed E-state index contributed by atoms with van der Waals surface area (Å²) in [5, 5.41) is 0. The molecule has 31 heavy (non-hydrogen) atoms. The van der Waals surface area contributed by atoms with E-state index in [0.717, 1.165) is 10.5 Å². The highest BCUT2D eigenvalue weighted by atomic mass is 16.5. The van der Waals surface area contributed by atoms with Gasteiger partial charge in [0.2, 0.25) is 11.8 Å². The van der Waals surface area contributed by atoms with Gasteiger partial charge in [0.25, 0.3) is 5.91 Å². The van der Waals surface area contributed by atoms with Gasteiger partial charge in [-0.2, -0.15) is 0 Å². The Morgan fingerprint density at radius 1 is 1.06 bits per heavy atom. The van der Waals surface area contributed by atoms with Crippen LogP contribution in [0, 0.1) is 0 Å². The van der Waals surface area contributed by atoms with Gasteiger partial charge in [-0.1, -0.05) is 37.3 Å². The third-order valence-electron chi connectivity index (χ3n) is 5.12. The second-order valence-corrected chi connectivity index (χ2v) is 7.45. The number of hydrogen-bond acceptors (Lipinski definition) is 5. The number of benzene rings is 2. The summed E-state index contributed by atoms with van der Waals surface area (Å²) in [5.74, 6) is -1.03. The van der Waals surface area contributed by atoms with Crippen molar-refractivity contribution in [1.82, 2.24) is 4.90 Å². The molecule has 1 unspecified atom stereocenters. The first-order chi connectivity index (χ1) is 14.9. The van der Waals surface area contributed by atoms with Crippen LogP contribution in [0.4, 0.5) is 5.69 Å². The van der Waals surface area contributed by atoms with Gasteiger partial charge in [-0.15, -0.1) is 0 Å². The highest BCUT2D eigenvalue weighted by molar-refractivity contribution is 6.23. The molecule has 0 saturated carbocycles. The molecule has 2 aromatic rings. The predicted molar refractivity (Wildman–Crippen MR) is 115 cm³/mol. The summed E-state index contributed by atoms with van der Waals surface area (Å²) in [5.41, 5.74) is 1.45. The normalized spacial score (nSPS) is 15.8. The minimum absolute atomic E-state index is 0.0469. The van der Waals surface area contributed by atoms with Crippen molar-refractivity contribution in [2.24, 2.45) is 0 Å². The molecule has 162 valence electrons. The number of carbonyl (C=O) groups is 4. The first kappa shape index (κ1) is 22.2. The van der Waals surface area contributed by atoms with Crippen molar-refractivity contribution in [3.63, 3.8) is 0 Å². The number of amides is 3. The third kappa shape index (κ3) is 5.36. The molecule has 3 amide bonds. The van der Waals surface area contributed by atoms with E-state index in [1.807, 2.05) is 37.3 Å². The lowest BCUT2D eigenvalue weighted by atomic mass is 10.1. The van der Waals surface area contributed by atoms with Crippen LogP contribution >= 0.6 is 0 Å². The Balaban J connectivity index is 1.78. The van der Waals surface area contributed by atoms with E-state index >= 15 is 0 Å². The first-order valence-corrected chi connectivity index (χ1v) is 10.4. The van der Waals surface area contributed by atoms with Gasteiger partial charge in [0.1, 0.15) is 11.8 Å². The first-order valence-electron chi connectivity index (χ1n) is 10.4. The second kappa shape index (κ2) is 10.0. The maximum atomic E-state index is 13.2. The molecular formula is C24H26N2O5. The maximum Gasteiger partial charge on any atom is 0.308 e. The van der Waals surface area contributed by atoms with E-state index in [4.69, 9.17) is 4.74 Å². The van der Waals surface area contributed by atoms with Gasteiger partial charge < -0.3 is 9.64 Å². The molecule has 1 aliphatic heterocycles. The zero-order valence-electron chi connectivity index (χ0n) is 17.7. The number of rotatable bonds is 8. The van der Waals surface area contributed by atoms with Gasteiger partial charge in [0.05, 0.1) is 12.1 Å². The second-order valence-electron chi connectivity index (χ2n) is 7.45. The van der Waals surface area contributed by atoms with Gasteiger partial charge in [-0.25, -0.2) is 4.90 Å². The quantitative estimate of drug-likeness (QED) is 0.371. The van der Waals surface area contributed by atoms with E-state index in [2.05, 4.69) is 0 Å². The van der Waals surface area contributed by atoms with Crippen LogP contribution in [-0.2, 0) is 25.6 Å². The van der Waals surface area contributed by atoms with E-state index in [0.29, 0.717) is 37.2 Å². The van der Waals surface area contributed by atoms with Crippen molar-refractivity contribution < 1.29 is 23.9 Å². The maximum absolute atomic E-state index is 13.2. The summed E-state index contributed by atoms with van der Waals surface area (Å²) in [6.45, 7) is 3.57. The van der Waals surface area contributed by atoms with Crippen LogP contribution in [0.2, 0.25) is 0 Å². The standard InChI is InChI=1S/C24H26N2O5/c1-3-7-22(28)25(15-14-18-8-5-4-6-9-18)21-16-23(29)26(24(21)30)19-10-12-20(13-11-19)31-17(2)27/h4-6,8-13,21H,3,7,14-16H2,1-2H3. The van der Waals surface area contributed by atoms with Gasteiger partial charge >= 0.3 is 5.97 Å². The van der Waals surface area contributed by atoms with Crippen LogP contribution in [0.3, 0.4) is 0 Å². The monoisotopic (exact) mass is 422 g/mol. The van der Waals surface area contributed by atoms with Gasteiger partial charge in [-0.3, -0.25) is 19.2 Å². The molecule has 0 bridgehead atoms. The molecule has 7 heteroatoms. The van der Waals surface area contributed by atoms with E-state index in [1.165, 1.54) is 19.1 Å². The fourth-order valence-electron chi connectivity index (χ4n) is 3.67. The topological polar surface area (TPSA) is 84.0 Å². The summed E-state index contributed by atoms with van der Waals surface area (Å²) in [6.07, 6.45) is 1.54. The van der Waals surface area contributed by atoms with Gasteiger partial charge in [0.15, 0.2) is 0 Å². The Morgan fingerprint density at radius 2 is 1.74 bits per heavy atom. The number of hydrogen-bond donors (Lipinski definition) is 0. The van der Waals surface area contributed by atoms with E-state index < -0.39 is 17.9 Å². The summed E-state index contributed by atoms with van der Waals surface area (Å²) < 4.78 is 5.00. The lowest BCUT2D eigenvalue weighted by molar-refractivity contribution is -0.138. The molecule has 1 saturated heterocycles. The van der Waals surface area contributed by atoms with Crippen molar-refractivity contribution in [3.05, 3.63) is 60.2 Å². The van der Waals surface area contributed by atoms with Crippen LogP contribution in [0.1, 0.15) is 38.7 Å². The Kier molecular flexibility index (Phi) is 7.18. The fraction of sp³-hybridized carbons (Fsp3) is 0.333. The molecule has 1 fully saturated rings. The van der Waals surface area contributed by atoms with Crippen LogP contribution in [0.5, 0.6) is 5.75 Å². The Labute approximate surface area is 181 Å². The molecule has 0 spiro atoms. The largest absolute Gasteiger partial charge is 0.427 e. The highest BCUT2D eigenvalue weighted by Crippen LogP contribution is 2.28. The van der Waals surface area contributed by atoms with Crippen molar-refractivity contribution in [3.8, 4) is 5.75 Å². The van der Waals surface area contributed by atoms with Crippen molar-refractivity contribution in [1.29, 1.82) is 0 Å². The predicted octanol–water partition coefficient (Wildman–Crippen LogP) is 3.12. The molecule has 1 aliphatic rings. The summed E-state index contributed by atoms with van der Waals surface area (Å²) in [7, 11) is 0. The van der Waals surface area contributed by atoms with Crippen molar-refractivity contribution in [2.75, 3.05) is 11.4 Å². The SMILES string of the molecule is CCCC(=O)N(CCc1ccccc1)C1CC(=O)N(c2ccc(OC(C)=O)cc2)C1=O. The third-order valence-corrected chi connectivity index (χ3v) is 5.12. The minimum Gasteiger partial charge on any atom is -0.427 e. The van der Waals surface area contributed by atoms with Crippen LogP contribution in [0.15, 0.2) is 54.6 Å². The van der Waals surface area contributed by atoms with E-state index in [9.17, 15) is 19.2 Å². The molecule has 0 aliphatic carbocycles. The molecule has 0 aromatic heterocycles. The smallest absolute Gasteiger partial charge is 0.308 e. The molecular weight excluding hydrogens is 396 g/mol. The molecule has 1 atom stereocenters. The average molecular weight is 422 g/mol. The number of carbonyl (C=O) groups excluding carboxylic acids is 4. The molecule has 0 N–H and O–H groups in total. The van der Waals surface area contributed by atoms with Crippen LogP contribution in [-0.4, -0.2) is 41.2 Å². The zero-order chi connectivity index (χ0) is 22.4. The molecule has 0 radical (unpaired) electrons. The van der Waals surface area contributed by atoms with E-state index in [1.54, 1.807) is 17.0 Å². The van der Waals surface area contributed by atoms with Gasteiger partial charge in [-0.05, 0) is 42.7 Å². The number of nitrogens with zero attached hydrogens (tertiary/aromatic N) is 2. The number of esters is 1. The number of imide groups is 1. The summed E-state index contributed by atoms with van der Waals surface area (Å²) in [6, 6.07) is 15.1. The Hall–Kier alpha value is -3.48. The van der Waals surface area contributed by atoms with Crippen LogP contribution in [0.25, 0.3) is 0 Å². The lowest BCUT2D eigenvalue weighted by Crippen LogP contribution is -2.46. The van der Waals surface area contributed by atoms with Crippen LogP contribution < -0.4 is 9.64 Å². The van der Waals surface area contributed by atoms with Crippen molar-refractivity contribution in [2.45, 2.75) is 45.6 Å². The molecule has 1 heterocycles. The van der Waals surface area contributed by atoms with E-state index in [-0.39, 0.29) is 18.2 Å². The Morgan fingerprint density at radius 3 is 2.35 bits per heavy atom. The number of ether oxygens (including phenoxy) is 1. The average Bonchev–Trinajstić information content (AvgIpc) is 3.03. The molecule has 3 rings (SSSR count). The number of anilines is 1. The minimum atomic E-state index is -0.816. The lowest BCUT2D eigenvalue weighted by Gasteiger charge is -2.28. The molecule has 7 nitrogen and oxygen atoms in total. The highest BCUT2D eigenvalue weighted by Gasteiger charge is 2.44. The zero-order valence-corrected chi connectivity index (χ0v) is 17.7. The van der Waals surface area contributed by atoms with Gasteiger partial charge in [0, 0.05) is 19.9 Å². The fourth-order valence-corrected chi connectivity index (χ4v) is 3.67. The summed E-state index contributed by atoms with van der Waals surface area (Å²) >= 11 is 0. The Bertz CT molecular complexity index is 956. The molecule has 2 aromatic carbocycles. The summed E-state index contributed by atoms with van der Waals surface area (Å²) in [4.78, 5) is 52.4. The van der Waals surface area contributed by atoms with Crippen molar-refractivity contribution >= 4 is 29.4 Å².